The fourth-order valence-electron chi connectivity index (χ4n) is 5.07. The van der Waals surface area contributed by atoms with Crippen molar-refractivity contribution in [3.63, 3.8) is 0 Å². The largest absolute Gasteiger partial charge is 0.496 e. The minimum atomic E-state index is -0.284. The summed E-state index contributed by atoms with van der Waals surface area (Å²) in [6.07, 6.45) is 1.60. The van der Waals surface area contributed by atoms with Crippen molar-refractivity contribution in [3.8, 4) is 34.7 Å². The zero-order chi connectivity index (χ0) is 32.1. The molecule has 0 bridgehead atoms. The van der Waals surface area contributed by atoms with E-state index in [-0.39, 0.29) is 18.1 Å². The molecule has 0 aliphatic rings. The van der Waals surface area contributed by atoms with Crippen LogP contribution in [0.2, 0.25) is 0 Å². The summed E-state index contributed by atoms with van der Waals surface area (Å²) in [5.74, 6) is 2.40. The molecule has 0 aliphatic heterocycles. The highest BCUT2D eigenvalue weighted by Crippen LogP contribution is 2.38. The molecule has 0 fully saturated rings. The zero-order valence-corrected chi connectivity index (χ0v) is 27.4. The van der Waals surface area contributed by atoms with Gasteiger partial charge in [-0.1, -0.05) is 44.2 Å². The predicted molar refractivity (Wildman–Crippen MR) is 181 cm³/mol. The summed E-state index contributed by atoms with van der Waals surface area (Å²) in [6.45, 7) is 8.65. The third kappa shape index (κ3) is 6.61. The van der Waals surface area contributed by atoms with E-state index in [9.17, 15) is 10.1 Å². The molecule has 5 rings (SSSR count). The van der Waals surface area contributed by atoms with Gasteiger partial charge in [0.2, 0.25) is 0 Å². The summed E-state index contributed by atoms with van der Waals surface area (Å²) in [7, 11) is 1.66. The van der Waals surface area contributed by atoms with Crippen LogP contribution < -0.4 is 19.8 Å². The van der Waals surface area contributed by atoms with Crippen LogP contribution in [0.5, 0.6) is 17.2 Å². The Morgan fingerprint density at radius 3 is 2.53 bits per heavy atom. The lowest BCUT2D eigenvalue weighted by molar-refractivity contribution is 0.267. The summed E-state index contributed by atoms with van der Waals surface area (Å²) in [5.41, 5.74) is 5.00. The number of aromatic nitrogens is 2. The first kappa shape index (κ1) is 31.5. The number of para-hydroxylation sites is 1. The summed E-state index contributed by atoms with van der Waals surface area (Å²) < 4.78 is 19.7. The molecule has 0 radical (unpaired) electrons. The Bertz CT molecular complexity index is 2010. The van der Waals surface area contributed by atoms with Crippen molar-refractivity contribution in [2.45, 2.75) is 40.2 Å². The Balaban J connectivity index is 1.60. The van der Waals surface area contributed by atoms with E-state index in [0.29, 0.717) is 50.4 Å². The van der Waals surface area contributed by atoms with Crippen LogP contribution in [0.3, 0.4) is 0 Å². The average molecular weight is 666 g/mol. The van der Waals surface area contributed by atoms with Crippen LogP contribution in [-0.4, -0.2) is 29.6 Å². The number of aryl methyl sites for hydroxylation is 1. The van der Waals surface area contributed by atoms with Gasteiger partial charge in [-0.2, -0.15) is 15.0 Å². The first-order valence-corrected chi connectivity index (χ1v) is 15.4. The van der Waals surface area contributed by atoms with Gasteiger partial charge in [-0.05, 0) is 94.9 Å². The molecule has 228 valence electrons. The number of hydrogen-bond donors (Lipinski definition) is 0. The lowest BCUT2D eigenvalue weighted by Gasteiger charge is -2.17. The fraction of sp³-hybridized carbons (Fsp3) is 0.222. The standard InChI is InChI=1S/C36H33BrN4O4/c1-6-44-33-17-24(16-30(37)34(33)45-21-26-12-8-7-11-25(26)19-38)20-39-41-35(40-31-14-10-9-13-27(31)36(41)42)29-18-28(22(2)3)32(43-5)15-23(29)4/h7-18,20,22H,6,21H2,1-5H3. The number of nitriles is 1. The van der Waals surface area contributed by atoms with E-state index < -0.39 is 0 Å². The highest BCUT2D eigenvalue weighted by atomic mass is 79.9. The molecular formula is C36H33BrN4O4. The van der Waals surface area contributed by atoms with Crippen molar-refractivity contribution >= 4 is 33.0 Å². The monoisotopic (exact) mass is 664 g/mol. The highest BCUT2D eigenvalue weighted by molar-refractivity contribution is 9.10. The Hall–Kier alpha value is -4.94. The van der Waals surface area contributed by atoms with Gasteiger partial charge in [0.05, 0.1) is 46.9 Å². The van der Waals surface area contributed by atoms with Gasteiger partial charge in [0.15, 0.2) is 17.3 Å². The summed E-state index contributed by atoms with van der Waals surface area (Å²) >= 11 is 3.62. The number of benzene rings is 4. The number of fused-ring (bicyclic) bond motifs is 1. The van der Waals surface area contributed by atoms with Gasteiger partial charge in [-0.25, -0.2) is 4.98 Å². The predicted octanol–water partition coefficient (Wildman–Crippen LogP) is 8.00. The quantitative estimate of drug-likeness (QED) is 0.140. The molecule has 0 saturated carbocycles. The van der Waals surface area contributed by atoms with Gasteiger partial charge in [0, 0.05) is 11.1 Å². The molecule has 1 aromatic heterocycles. The van der Waals surface area contributed by atoms with Crippen molar-refractivity contribution < 1.29 is 14.2 Å². The highest BCUT2D eigenvalue weighted by Gasteiger charge is 2.19. The first-order chi connectivity index (χ1) is 21.7. The Morgan fingerprint density at radius 2 is 1.80 bits per heavy atom. The lowest BCUT2D eigenvalue weighted by Crippen LogP contribution is -2.20. The minimum Gasteiger partial charge on any atom is -0.496 e. The normalized spacial score (nSPS) is 11.2. The molecule has 8 nitrogen and oxygen atoms in total. The number of halogens is 1. The van der Waals surface area contributed by atoms with Crippen molar-refractivity contribution in [2.24, 2.45) is 5.10 Å². The van der Waals surface area contributed by atoms with E-state index in [0.717, 1.165) is 28.0 Å². The van der Waals surface area contributed by atoms with E-state index in [1.165, 1.54) is 4.68 Å². The Morgan fingerprint density at radius 1 is 1.04 bits per heavy atom. The van der Waals surface area contributed by atoms with Crippen LogP contribution >= 0.6 is 15.9 Å². The summed E-state index contributed by atoms with van der Waals surface area (Å²) in [5, 5.41) is 14.6. The van der Waals surface area contributed by atoms with Gasteiger partial charge < -0.3 is 14.2 Å². The molecule has 0 N–H and O–H groups in total. The minimum absolute atomic E-state index is 0.187. The Labute approximate surface area is 270 Å². The molecule has 0 spiro atoms. The van der Waals surface area contributed by atoms with Crippen LogP contribution in [0.25, 0.3) is 22.3 Å². The number of rotatable bonds is 10. The van der Waals surface area contributed by atoms with Crippen LogP contribution in [0, 0.1) is 18.3 Å². The molecule has 0 atom stereocenters. The molecule has 0 unspecified atom stereocenters. The summed E-state index contributed by atoms with van der Waals surface area (Å²) in [6, 6.07) is 24.4. The maximum atomic E-state index is 13.9. The van der Waals surface area contributed by atoms with Crippen LogP contribution in [0.15, 0.2) is 87.2 Å². The second kappa shape index (κ2) is 13.8. The van der Waals surface area contributed by atoms with E-state index in [4.69, 9.17) is 19.2 Å². The number of nitrogens with zero attached hydrogens (tertiary/aromatic N) is 4. The first-order valence-electron chi connectivity index (χ1n) is 14.6. The Kier molecular flexibility index (Phi) is 9.65. The maximum Gasteiger partial charge on any atom is 0.282 e. The molecule has 5 aromatic rings. The van der Waals surface area contributed by atoms with Gasteiger partial charge in [-0.3, -0.25) is 4.79 Å². The van der Waals surface area contributed by atoms with Crippen LogP contribution in [0.4, 0.5) is 0 Å². The van der Waals surface area contributed by atoms with Crippen LogP contribution in [-0.2, 0) is 6.61 Å². The maximum absolute atomic E-state index is 13.9. The zero-order valence-electron chi connectivity index (χ0n) is 25.8. The van der Waals surface area contributed by atoms with Crippen molar-refractivity contribution in [3.05, 3.63) is 115 Å². The van der Waals surface area contributed by atoms with Crippen molar-refractivity contribution in [1.82, 2.24) is 9.66 Å². The van der Waals surface area contributed by atoms with Gasteiger partial charge >= 0.3 is 0 Å². The molecule has 0 aliphatic carbocycles. The molecule has 45 heavy (non-hydrogen) atoms. The molecule has 0 saturated heterocycles. The number of hydrogen-bond acceptors (Lipinski definition) is 7. The molecule has 1 heterocycles. The van der Waals surface area contributed by atoms with E-state index in [1.54, 1.807) is 31.5 Å². The molecule has 0 amide bonds. The number of methoxy groups -OCH3 is 1. The van der Waals surface area contributed by atoms with E-state index in [1.807, 2.05) is 68.4 Å². The second-order valence-corrected chi connectivity index (χ2v) is 11.6. The summed E-state index contributed by atoms with van der Waals surface area (Å²) in [4.78, 5) is 18.8. The third-order valence-electron chi connectivity index (χ3n) is 7.36. The van der Waals surface area contributed by atoms with Crippen LogP contribution in [0.1, 0.15) is 54.5 Å². The number of ether oxygens (including phenoxy) is 3. The SMILES string of the molecule is CCOc1cc(C=Nn2c(-c3cc(C(C)C)c(OC)cc3C)nc3ccccc3c2=O)cc(Br)c1OCc1ccccc1C#N. The third-order valence-corrected chi connectivity index (χ3v) is 7.95. The average Bonchev–Trinajstić information content (AvgIpc) is 3.04. The molecule has 4 aromatic carbocycles. The van der Waals surface area contributed by atoms with E-state index in [2.05, 4.69) is 40.9 Å². The topological polar surface area (TPSA) is 98.7 Å². The second-order valence-electron chi connectivity index (χ2n) is 10.7. The van der Waals surface area contributed by atoms with Gasteiger partial charge in [0.25, 0.3) is 5.56 Å². The molecular weight excluding hydrogens is 632 g/mol. The van der Waals surface area contributed by atoms with Gasteiger partial charge in [0.1, 0.15) is 12.4 Å². The van der Waals surface area contributed by atoms with Crippen molar-refractivity contribution in [1.29, 1.82) is 5.26 Å². The fourth-order valence-corrected chi connectivity index (χ4v) is 5.64. The van der Waals surface area contributed by atoms with Gasteiger partial charge in [-0.15, -0.1) is 0 Å². The van der Waals surface area contributed by atoms with E-state index >= 15 is 0 Å². The van der Waals surface area contributed by atoms with Crippen molar-refractivity contribution in [2.75, 3.05) is 13.7 Å². The lowest BCUT2D eigenvalue weighted by atomic mass is 9.96. The smallest absolute Gasteiger partial charge is 0.282 e. The molecule has 9 heteroatoms.